The third kappa shape index (κ3) is 3.46. The zero-order valence-corrected chi connectivity index (χ0v) is 11.8. The smallest absolute Gasteiger partial charge is 0.134 e. The Balaban J connectivity index is 2.39. The minimum Gasteiger partial charge on any atom is -0.378 e. The maximum absolute atomic E-state index is 13.7. The van der Waals surface area contributed by atoms with Crippen molar-refractivity contribution in [1.29, 1.82) is 5.26 Å². The van der Waals surface area contributed by atoms with Gasteiger partial charge in [-0.25, -0.2) is 8.78 Å². The topological polar surface area (TPSA) is 27.0 Å². The molecule has 0 aromatic heterocycles. The van der Waals surface area contributed by atoms with Gasteiger partial charge in [-0.05, 0) is 35.9 Å². The highest BCUT2D eigenvalue weighted by Crippen LogP contribution is 2.22. The molecule has 2 aromatic rings. The van der Waals surface area contributed by atoms with Crippen LogP contribution in [0.25, 0.3) is 11.6 Å². The number of halogens is 2. The van der Waals surface area contributed by atoms with E-state index in [1.165, 1.54) is 6.07 Å². The van der Waals surface area contributed by atoms with Crippen LogP contribution < -0.4 is 4.90 Å². The molecular formula is C17H14F2N2. The number of nitriles is 1. The van der Waals surface area contributed by atoms with E-state index in [0.717, 1.165) is 23.4 Å². The molecule has 0 saturated carbocycles. The van der Waals surface area contributed by atoms with E-state index in [2.05, 4.69) is 0 Å². The first-order valence-corrected chi connectivity index (χ1v) is 6.36. The van der Waals surface area contributed by atoms with Gasteiger partial charge in [-0.3, -0.25) is 0 Å². The van der Waals surface area contributed by atoms with Gasteiger partial charge in [0, 0.05) is 31.4 Å². The Hall–Kier alpha value is -2.67. The number of nitrogens with zero attached hydrogens (tertiary/aromatic N) is 2. The average molecular weight is 284 g/mol. The summed E-state index contributed by atoms with van der Waals surface area (Å²) in [5.41, 5.74) is 2.06. The fraction of sp³-hybridized carbons (Fsp3) is 0.118. The first-order chi connectivity index (χ1) is 10.0. The van der Waals surface area contributed by atoms with Crippen molar-refractivity contribution in [2.45, 2.75) is 0 Å². The molecule has 21 heavy (non-hydrogen) atoms. The van der Waals surface area contributed by atoms with Crippen LogP contribution in [0.5, 0.6) is 0 Å². The summed E-state index contributed by atoms with van der Waals surface area (Å²) >= 11 is 0. The average Bonchev–Trinajstić information content (AvgIpc) is 2.46. The molecule has 0 fully saturated rings. The second-order valence-electron chi connectivity index (χ2n) is 4.78. The van der Waals surface area contributed by atoms with Gasteiger partial charge in [-0.2, -0.15) is 5.26 Å². The second kappa shape index (κ2) is 6.19. The predicted octanol–water partition coefficient (Wildman–Crippen LogP) is 4.09. The molecule has 2 rings (SSSR count). The van der Waals surface area contributed by atoms with Crippen LogP contribution in [-0.4, -0.2) is 14.1 Å². The molecule has 0 heterocycles. The Morgan fingerprint density at radius 2 is 1.76 bits per heavy atom. The molecule has 4 heteroatoms. The predicted molar refractivity (Wildman–Crippen MR) is 80.6 cm³/mol. The molecule has 0 aliphatic rings. The normalized spacial score (nSPS) is 11.1. The van der Waals surface area contributed by atoms with Gasteiger partial charge in [0.25, 0.3) is 0 Å². The summed E-state index contributed by atoms with van der Waals surface area (Å²) in [5, 5.41) is 9.19. The number of rotatable bonds is 3. The first kappa shape index (κ1) is 14.7. The molecule has 0 aliphatic heterocycles. The zero-order valence-electron chi connectivity index (χ0n) is 11.8. The molecule has 106 valence electrons. The molecule has 0 atom stereocenters. The molecule has 2 nitrogen and oxygen atoms in total. The van der Waals surface area contributed by atoms with Gasteiger partial charge in [0.15, 0.2) is 0 Å². The van der Waals surface area contributed by atoms with Crippen molar-refractivity contribution in [3.63, 3.8) is 0 Å². The highest BCUT2D eigenvalue weighted by molar-refractivity contribution is 5.89. The molecular weight excluding hydrogens is 270 g/mol. The molecule has 0 amide bonds. The molecule has 0 aliphatic carbocycles. The van der Waals surface area contributed by atoms with Crippen molar-refractivity contribution in [1.82, 2.24) is 0 Å². The van der Waals surface area contributed by atoms with Crippen molar-refractivity contribution in [3.8, 4) is 6.07 Å². The summed E-state index contributed by atoms with van der Waals surface area (Å²) < 4.78 is 26.6. The zero-order chi connectivity index (χ0) is 15.4. The van der Waals surface area contributed by atoms with Crippen molar-refractivity contribution in [3.05, 3.63) is 65.2 Å². The van der Waals surface area contributed by atoms with Gasteiger partial charge >= 0.3 is 0 Å². The second-order valence-corrected chi connectivity index (χ2v) is 4.78. The van der Waals surface area contributed by atoms with Crippen LogP contribution >= 0.6 is 0 Å². The molecule has 0 saturated heterocycles. The fourth-order valence-corrected chi connectivity index (χ4v) is 1.91. The van der Waals surface area contributed by atoms with Crippen LogP contribution in [0.3, 0.4) is 0 Å². The highest BCUT2D eigenvalue weighted by Gasteiger charge is 2.09. The summed E-state index contributed by atoms with van der Waals surface area (Å²) in [6.45, 7) is 0. The number of anilines is 1. The minimum absolute atomic E-state index is 0.0931. The van der Waals surface area contributed by atoms with Gasteiger partial charge < -0.3 is 4.90 Å². The Labute approximate surface area is 122 Å². The van der Waals surface area contributed by atoms with Gasteiger partial charge in [0.05, 0.1) is 11.6 Å². The molecule has 0 bridgehead atoms. The largest absolute Gasteiger partial charge is 0.378 e. The van der Waals surface area contributed by atoms with Crippen LogP contribution in [0.4, 0.5) is 14.5 Å². The van der Waals surface area contributed by atoms with Crippen LogP contribution in [0, 0.1) is 23.0 Å². The van der Waals surface area contributed by atoms with Crippen molar-refractivity contribution < 1.29 is 8.78 Å². The van der Waals surface area contributed by atoms with Crippen LogP contribution in [0.2, 0.25) is 0 Å². The monoisotopic (exact) mass is 284 g/mol. The molecule has 0 spiro atoms. The Morgan fingerprint density at radius 3 is 2.29 bits per heavy atom. The molecule has 0 unspecified atom stereocenters. The van der Waals surface area contributed by atoms with E-state index in [4.69, 9.17) is 0 Å². The third-order valence-electron chi connectivity index (χ3n) is 3.06. The molecule has 2 aromatic carbocycles. The summed E-state index contributed by atoms with van der Waals surface area (Å²) in [6, 6.07) is 12.6. The van der Waals surface area contributed by atoms with Gasteiger partial charge in [0.2, 0.25) is 0 Å². The van der Waals surface area contributed by atoms with Crippen LogP contribution in [0.15, 0.2) is 42.5 Å². The lowest BCUT2D eigenvalue weighted by Crippen LogP contribution is -2.07. The Morgan fingerprint density at radius 1 is 1.10 bits per heavy atom. The number of allylic oxidation sites excluding steroid dienone is 1. The van der Waals surface area contributed by atoms with E-state index in [1.54, 1.807) is 6.08 Å². The summed E-state index contributed by atoms with van der Waals surface area (Å²) in [7, 11) is 3.86. The van der Waals surface area contributed by atoms with Crippen molar-refractivity contribution in [2.24, 2.45) is 0 Å². The summed E-state index contributed by atoms with van der Waals surface area (Å²) in [6.07, 6.45) is 1.58. The maximum atomic E-state index is 13.7. The van der Waals surface area contributed by atoms with E-state index in [9.17, 15) is 14.0 Å². The van der Waals surface area contributed by atoms with Crippen molar-refractivity contribution >= 4 is 17.3 Å². The number of hydrogen-bond donors (Lipinski definition) is 0. The summed E-state index contributed by atoms with van der Waals surface area (Å²) in [4.78, 5) is 1.96. The van der Waals surface area contributed by atoms with E-state index < -0.39 is 11.6 Å². The lowest BCUT2D eigenvalue weighted by atomic mass is 10.0. The van der Waals surface area contributed by atoms with Crippen LogP contribution in [-0.2, 0) is 0 Å². The van der Waals surface area contributed by atoms with Gasteiger partial charge in [-0.1, -0.05) is 12.1 Å². The minimum atomic E-state index is -0.743. The fourth-order valence-electron chi connectivity index (χ4n) is 1.91. The van der Waals surface area contributed by atoms with Gasteiger partial charge in [-0.15, -0.1) is 0 Å². The third-order valence-corrected chi connectivity index (χ3v) is 3.06. The Bertz CT molecular complexity index is 711. The van der Waals surface area contributed by atoms with E-state index >= 15 is 0 Å². The first-order valence-electron chi connectivity index (χ1n) is 6.36. The quantitative estimate of drug-likeness (QED) is 0.627. The Kier molecular flexibility index (Phi) is 4.34. The SMILES string of the molecule is CN(C)c1ccc(/C=C(/C#N)c2ccc(F)cc2F)cc1. The standard InChI is InChI=1S/C17H14F2N2/c1-21(2)15-6-3-12(4-7-15)9-13(11-20)16-8-5-14(18)10-17(16)19/h3-10H,1-2H3/b13-9-. The van der Waals surface area contributed by atoms with E-state index in [1.807, 2.05) is 49.3 Å². The van der Waals surface area contributed by atoms with Crippen molar-refractivity contribution in [2.75, 3.05) is 19.0 Å². The number of benzene rings is 2. The number of hydrogen-bond acceptors (Lipinski definition) is 2. The summed E-state index contributed by atoms with van der Waals surface area (Å²) in [5.74, 6) is -1.41. The maximum Gasteiger partial charge on any atom is 0.134 e. The van der Waals surface area contributed by atoms with Gasteiger partial charge in [0.1, 0.15) is 11.6 Å². The van der Waals surface area contributed by atoms with E-state index in [0.29, 0.717) is 0 Å². The van der Waals surface area contributed by atoms with E-state index in [-0.39, 0.29) is 11.1 Å². The molecule has 0 radical (unpaired) electrons. The molecule has 0 N–H and O–H groups in total. The lowest BCUT2D eigenvalue weighted by molar-refractivity contribution is 0.581. The lowest BCUT2D eigenvalue weighted by Gasteiger charge is -2.12. The van der Waals surface area contributed by atoms with Crippen LogP contribution in [0.1, 0.15) is 11.1 Å². The highest BCUT2D eigenvalue weighted by atomic mass is 19.1.